The Labute approximate surface area is 120 Å². The van der Waals surface area contributed by atoms with E-state index in [0.717, 1.165) is 5.56 Å². The third kappa shape index (κ3) is 2.76. The number of nitrogens with one attached hydrogen (secondary N) is 1. The van der Waals surface area contributed by atoms with Gasteiger partial charge in [0.2, 0.25) is 5.91 Å². The van der Waals surface area contributed by atoms with E-state index in [1.807, 2.05) is 30.3 Å². The number of carboxylic acid groups (broad SMARTS) is 1. The van der Waals surface area contributed by atoms with Crippen molar-refractivity contribution in [2.24, 2.45) is 0 Å². The largest absolute Gasteiger partial charge is 0.480 e. The van der Waals surface area contributed by atoms with Crippen LogP contribution in [-0.4, -0.2) is 38.0 Å². The van der Waals surface area contributed by atoms with Crippen LogP contribution in [0.15, 0.2) is 36.5 Å². The van der Waals surface area contributed by atoms with E-state index >= 15 is 0 Å². The molecule has 7 nitrogen and oxygen atoms in total. The number of benzene rings is 1. The molecule has 1 fully saturated rings. The van der Waals surface area contributed by atoms with Crippen molar-refractivity contribution < 1.29 is 14.7 Å². The molecule has 2 atom stereocenters. The average Bonchev–Trinajstić information content (AvgIpc) is 2.97. The van der Waals surface area contributed by atoms with Gasteiger partial charge in [-0.2, -0.15) is 0 Å². The van der Waals surface area contributed by atoms with E-state index in [4.69, 9.17) is 5.11 Å². The Kier molecular flexibility index (Phi) is 3.39. The lowest BCUT2D eigenvalue weighted by atomic mass is 9.99. The summed E-state index contributed by atoms with van der Waals surface area (Å²) in [5.41, 5.74) is 1.63. The normalized spacial score (nSPS) is 21.8. The highest BCUT2D eigenvalue weighted by Gasteiger charge is 2.32. The molecule has 108 valence electrons. The van der Waals surface area contributed by atoms with Gasteiger partial charge in [-0.1, -0.05) is 35.5 Å². The summed E-state index contributed by atoms with van der Waals surface area (Å²) < 4.78 is 1.58. The van der Waals surface area contributed by atoms with E-state index < -0.39 is 12.0 Å². The van der Waals surface area contributed by atoms with Gasteiger partial charge in [0.25, 0.3) is 0 Å². The monoisotopic (exact) mass is 286 g/mol. The van der Waals surface area contributed by atoms with Crippen LogP contribution < -0.4 is 5.32 Å². The number of aliphatic carboxylic acids is 1. The number of amides is 1. The molecule has 3 rings (SSSR count). The molecule has 1 aliphatic rings. The molecule has 0 aliphatic carbocycles. The number of nitrogens with zero attached hydrogens (tertiary/aromatic N) is 3. The van der Waals surface area contributed by atoms with E-state index in [1.54, 1.807) is 10.9 Å². The van der Waals surface area contributed by atoms with Crippen molar-refractivity contribution in [3.8, 4) is 11.3 Å². The van der Waals surface area contributed by atoms with Crippen LogP contribution in [0.1, 0.15) is 18.9 Å². The van der Waals surface area contributed by atoms with Gasteiger partial charge in [-0.15, -0.1) is 5.10 Å². The maximum atomic E-state index is 11.6. The van der Waals surface area contributed by atoms with Crippen LogP contribution in [0, 0.1) is 0 Å². The van der Waals surface area contributed by atoms with Crippen molar-refractivity contribution in [3.63, 3.8) is 0 Å². The molecule has 2 N–H and O–H groups in total. The zero-order valence-electron chi connectivity index (χ0n) is 11.1. The standard InChI is InChI=1S/C14H14N4O3/c19-13-7-10(6-11(15-13)14(20)21)18-8-12(16-17-18)9-4-2-1-3-5-9/h1-5,8,10-11H,6-7H2,(H,15,19)(H,20,21). The summed E-state index contributed by atoms with van der Waals surface area (Å²) in [6.07, 6.45) is 2.26. The summed E-state index contributed by atoms with van der Waals surface area (Å²) in [6, 6.07) is 8.40. The van der Waals surface area contributed by atoms with Crippen molar-refractivity contribution in [3.05, 3.63) is 36.5 Å². The lowest BCUT2D eigenvalue weighted by molar-refractivity contribution is -0.144. The van der Waals surface area contributed by atoms with Crippen LogP contribution in [0.3, 0.4) is 0 Å². The van der Waals surface area contributed by atoms with Gasteiger partial charge in [0.05, 0.1) is 12.2 Å². The molecule has 0 bridgehead atoms. The molecule has 2 heterocycles. The lowest BCUT2D eigenvalue weighted by Gasteiger charge is -2.26. The van der Waals surface area contributed by atoms with Crippen LogP contribution in [0.4, 0.5) is 0 Å². The van der Waals surface area contributed by atoms with Gasteiger partial charge in [-0.3, -0.25) is 4.79 Å². The number of rotatable bonds is 3. The Balaban J connectivity index is 1.82. The highest BCUT2D eigenvalue weighted by Crippen LogP contribution is 2.24. The number of carbonyl (C=O) groups is 2. The molecule has 2 aromatic rings. The first-order chi connectivity index (χ1) is 10.1. The molecule has 1 aromatic carbocycles. The van der Waals surface area contributed by atoms with E-state index in [1.165, 1.54) is 0 Å². The van der Waals surface area contributed by atoms with Crippen LogP contribution in [-0.2, 0) is 9.59 Å². The van der Waals surface area contributed by atoms with Crippen molar-refractivity contribution >= 4 is 11.9 Å². The molecule has 1 amide bonds. The lowest BCUT2D eigenvalue weighted by Crippen LogP contribution is -2.47. The number of hydrogen-bond donors (Lipinski definition) is 2. The maximum Gasteiger partial charge on any atom is 0.326 e. The van der Waals surface area contributed by atoms with Gasteiger partial charge in [0.15, 0.2) is 0 Å². The number of hydrogen-bond acceptors (Lipinski definition) is 4. The summed E-state index contributed by atoms with van der Waals surface area (Å²) in [5, 5.41) is 19.6. The van der Waals surface area contributed by atoms with Crippen LogP contribution in [0.2, 0.25) is 0 Å². The summed E-state index contributed by atoms with van der Waals surface area (Å²) in [5.74, 6) is -1.31. The van der Waals surface area contributed by atoms with Crippen molar-refractivity contribution in [1.29, 1.82) is 0 Å². The maximum absolute atomic E-state index is 11.6. The van der Waals surface area contributed by atoms with E-state index in [2.05, 4.69) is 15.6 Å². The smallest absolute Gasteiger partial charge is 0.326 e. The van der Waals surface area contributed by atoms with Crippen LogP contribution >= 0.6 is 0 Å². The first kappa shape index (κ1) is 13.3. The van der Waals surface area contributed by atoms with Crippen molar-refractivity contribution in [2.75, 3.05) is 0 Å². The Morgan fingerprint density at radius 1 is 1.33 bits per heavy atom. The average molecular weight is 286 g/mol. The summed E-state index contributed by atoms with van der Waals surface area (Å²) in [6.45, 7) is 0. The molecule has 0 saturated carbocycles. The van der Waals surface area contributed by atoms with E-state index in [0.29, 0.717) is 12.1 Å². The highest BCUT2D eigenvalue weighted by molar-refractivity contribution is 5.85. The molecule has 0 spiro atoms. The van der Waals surface area contributed by atoms with Gasteiger partial charge < -0.3 is 10.4 Å². The second-order valence-corrected chi connectivity index (χ2v) is 5.00. The Bertz CT molecular complexity index is 668. The van der Waals surface area contributed by atoms with Crippen LogP contribution in [0.5, 0.6) is 0 Å². The minimum atomic E-state index is -1.03. The molecule has 0 radical (unpaired) electrons. The molecule has 2 unspecified atom stereocenters. The molecule has 1 aliphatic heterocycles. The summed E-state index contributed by atoms with van der Waals surface area (Å²) >= 11 is 0. The first-order valence-electron chi connectivity index (χ1n) is 6.63. The minimum absolute atomic E-state index is 0.210. The van der Waals surface area contributed by atoms with Gasteiger partial charge in [0, 0.05) is 18.4 Å². The van der Waals surface area contributed by atoms with Crippen molar-refractivity contribution in [1.82, 2.24) is 20.3 Å². The molecule has 1 aromatic heterocycles. The fraction of sp³-hybridized carbons (Fsp3) is 0.286. The molecular formula is C14H14N4O3. The third-order valence-electron chi connectivity index (χ3n) is 3.52. The highest BCUT2D eigenvalue weighted by atomic mass is 16.4. The molecular weight excluding hydrogens is 272 g/mol. The predicted octanol–water partition coefficient (Wildman–Crippen LogP) is 0.849. The summed E-state index contributed by atoms with van der Waals surface area (Å²) in [4.78, 5) is 22.6. The van der Waals surface area contributed by atoms with Gasteiger partial charge in [-0.05, 0) is 0 Å². The Morgan fingerprint density at radius 2 is 2.10 bits per heavy atom. The van der Waals surface area contributed by atoms with Crippen LogP contribution in [0.25, 0.3) is 11.3 Å². The number of aromatic nitrogens is 3. The van der Waals surface area contributed by atoms with E-state index in [-0.39, 0.29) is 18.4 Å². The topological polar surface area (TPSA) is 97.1 Å². The second kappa shape index (κ2) is 5.35. The number of carbonyl (C=O) groups excluding carboxylic acids is 1. The molecule has 21 heavy (non-hydrogen) atoms. The zero-order chi connectivity index (χ0) is 14.8. The SMILES string of the molecule is O=C1CC(n2cc(-c3ccccc3)nn2)CC(C(=O)O)N1. The zero-order valence-corrected chi connectivity index (χ0v) is 11.1. The predicted molar refractivity (Wildman–Crippen MR) is 73.3 cm³/mol. The molecule has 1 saturated heterocycles. The summed E-state index contributed by atoms with van der Waals surface area (Å²) in [7, 11) is 0. The first-order valence-corrected chi connectivity index (χ1v) is 6.63. The third-order valence-corrected chi connectivity index (χ3v) is 3.52. The fourth-order valence-corrected chi connectivity index (χ4v) is 2.44. The Hall–Kier alpha value is -2.70. The van der Waals surface area contributed by atoms with E-state index in [9.17, 15) is 9.59 Å². The second-order valence-electron chi connectivity index (χ2n) is 5.00. The minimum Gasteiger partial charge on any atom is -0.480 e. The fourth-order valence-electron chi connectivity index (χ4n) is 2.44. The molecule has 7 heteroatoms. The van der Waals surface area contributed by atoms with Gasteiger partial charge >= 0.3 is 5.97 Å². The Morgan fingerprint density at radius 3 is 2.81 bits per heavy atom. The quantitative estimate of drug-likeness (QED) is 0.871. The number of piperidine rings is 1. The van der Waals surface area contributed by atoms with Crippen molar-refractivity contribution in [2.45, 2.75) is 24.9 Å². The van der Waals surface area contributed by atoms with Gasteiger partial charge in [0.1, 0.15) is 11.7 Å². The van der Waals surface area contributed by atoms with Gasteiger partial charge in [-0.25, -0.2) is 9.48 Å². The number of carboxylic acids is 1.